The van der Waals surface area contributed by atoms with Crippen LogP contribution in [-0.4, -0.2) is 5.11 Å². The highest BCUT2D eigenvalue weighted by Crippen LogP contribution is 2.13. The number of rotatable bonds is 0. The fourth-order valence-corrected chi connectivity index (χ4v) is 1.96. The Kier molecular flexibility index (Phi) is 4.78. The third-order valence-corrected chi connectivity index (χ3v) is 2.45. The van der Waals surface area contributed by atoms with Crippen molar-refractivity contribution >= 4 is 5.69 Å². The molecule has 2 aromatic rings. The van der Waals surface area contributed by atoms with Gasteiger partial charge in [-0.3, -0.25) is 0 Å². The summed E-state index contributed by atoms with van der Waals surface area (Å²) in [4.78, 5) is 0. The van der Waals surface area contributed by atoms with Crippen LogP contribution in [0.4, 0.5) is 5.69 Å². The van der Waals surface area contributed by atoms with Crippen LogP contribution in [0.25, 0.3) is 0 Å². The first kappa shape index (κ1) is 14.1. The lowest BCUT2D eigenvalue weighted by molar-refractivity contribution is 0.474. The number of hydrogen-bond donors (Lipinski definition) is 2. The summed E-state index contributed by atoms with van der Waals surface area (Å²) in [5.74, 6) is 0.354. The van der Waals surface area contributed by atoms with E-state index in [0.717, 1.165) is 16.8 Å². The molecule has 2 nitrogen and oxygen atoms in total. The maximum absolute atomic E-state index is 8.99. The van der Waals surface area contributed by atoms with E-state index < -0.39 is 0 Å². The summed E-state index contributed by atoms with van der Waals surface area (Å²) >= 11 is 0. The molecule has 0 fully saturated rings. The van der Waals surface area contributed by atoms with E-state index in [2.05, 4.69) is 6.07 Å². The molecule has 0 amide bonds. The van der Waals surface area contributed by atoms with Crippen molar-refractivity contribution in [1.29, 1.82) is 0 Å². The quantitative estimate of drug-likeness (QED) is 0.689. The molecule has 0 aromatic heterocycles. The first-order valence-electron chi connectivity index (χ1n) is 5.98. The molecule has 3 N–H and O–H groups in total. The van der Waals surface area contributed by atoms with Crippen molar-refractivity contribution in [2.45, 2.75) is 27.7 Å². The Bertz CT molecular complexity index is 382. The zero-order valence-electron chi connectivity index (χ0n) is 11.5. The van der Waals surface area contributed by atoms with Gasteiger partial charge in [0.25, 0.3) is 0 Å². The molecule has 2 aromatic carbocycles. The first-order valence-corrected chi connectivity index (χ1v) is 5.98. The van der Waals surface area contributed by atoms with Gasteiger partial charge < -0.3 is 10.8 Å². The molecule has 0 aliphatic rings. The van der Waals surface area contributed by atoms with Crippen LogP contribution in [0, 0.1) is 27.7 Å². The van der Waals surface area contributed by atoms with Gasteiger partial charge in [0.1, 0.15) is 5.75 Å². The van der Waals surface area contributed by atoms with Crippen molar-refractivity contribution in [2.75, 3.05) is 5.73 Å². The molecule has 0 radical (unpaired) electrons. The third kappa shape index (κ3) is 4.91. The first-order chi connectivity index (χ1) is 8.36. The van der Waals surface area contributed by atoms with Gasteiger partial charge in [-0.2, -0.15) is 0 Å². The lowest BCUT2D eigenvalue weighted by Crippen LogP contribution is -1.86. The number of aryl methyl sites for hydroxylation is 4. The molecule has 0 saturated carbocycles. The molecule has 0 bridgehead atoms. The second-order valence-corrected chi connectivity index (χ2v) is 4.77. The summed E-state index contributed by atoms with van der Waals surface area (Å²) in [6.07, 6.45) is 0. The summed E-state index contributed by atoms with van der Waals surface area (Å²) in [6.45, 7) is 8.02. The summed E-state index contributed by atoms with van der Waals surface area (Å²) in [6, 6.07) is 11.6. The van der Waals surface area contributed by atoms with Crippen LogP contribution in [0.15, 0.2) is 36.4 Å². The van der Waals surface area contributed by atoms with E-state index >= 15 is 0 Å². The molecule has 18 heavy (non-hydrogen) atoms. The average Bonchev–Trinajstić information content (AvgIpc) is 2.12. The highest BCUT2D eigenvalue weighted by Gasteiger charge is 1.89. The smallest absolute Gasteiger partial charge is 0.116 e. The minimum Gasteiger partial charge on any atom is -0.508 e. The Morgan fingerprint density at radius 3 is 1.28 bits per heavy atom. The van der Waals surface area contributed by atoms with Gasteiger partial charge in [-0.15, -0.1) is 0 Å². The van der Waals surface area contributed by atoms with Crippen molar-refractivity contribution in [3.05, 3.63) is 58.7 Å². The maximum Gasteiger partial charge on any atom is 0.116 e. The van der Waals surface area contributed by atoms with Crippen LogP contribution in [-0.2, 0) is 0 Å². The molecule has 2 rings (SSSR count). The van der Waals surface area contributed by atoms with Crippen molar-refractivity contribution in [2.24, 2.45) is 0 Å². The Morgan fingerprint density at radius 1 is 0.667 bits per heavy atom. The highest BCUT2D eigenvalue weighted by atomic mass is 16.3. The molecule has 0 unspecified atom stereocenters. The molecule has 0 spiro atoms. The topological polar surface area (TPSA) is 46.2 Å². The number of nitrogen functional groups attached to an aromatic ring is 1. The van der Waals surface area contributed by atoms with Crippen LogP contribution in [0.3, 0.4) is 0 Å². The number of anilines is 1. The SMILES string of the molecule is Cc1cc(C)cc(N)c1.Cc1cc(C)cc(O)c1. The number of phenols is 1. The Hall–Kier alpha value is -1.96. The molecule has 0 aliphatic carbocycles. The fourth-order valence-electron chi connectivity index (χ4n) is 1.96. The predicted octanol–water partition coefficient (Wildman–Crippen LogP) is 3.89. The number of hydrogen-bond acceptors (Lipinski definition) is 2. The Labute approximate surface area is 109 Å². The van der Waals surface area contributed by atoms with Crippen LogP contribution in [0.1, 0.15) is 22.3 Å². The molecule has 0 heterocycles. The second-order valence-electron chi connectivity index (χ2n) is 4.77. The minimum absolute atomic E-state index is 0.354. The van der Waals surface area contributed by atoms with E-state index in [-0.39, 0.29) is 0 Å². The lowest BCUT2D eigenvalue weighted by Gasteiger charge is -1.97. The van der Waals surface area contributed by atoms with Crippen molar-refractivity contribution in [3.8, 4) is 5.75 Å². The predicted molar refractivity (Wildman–Crippen MR) is 77.9 cm³/mol. The molecular weight excluding hydrogens is 222 g/mol. The molecular formula is C16H21NO. The number of aromatic hydroxyl groups is 1. The Balaban J connectivity index is 0.000000180. The fraction of sp³-hybridized carbons (Fsp3) is 0.250. The maximum atomic E-state index is 8.99. The van der Waals surface area contributed by atoms with Gasteiger partial charge in [0.15, 0.2) is 0 Å². The van der Waals surface area contributed by atoms with E-state index in [9.17, 15) is 0 Å². The number of benzene rings is 2. The van der Waals surface area contributed by atoms with E-state index in [4.69, 9.17) is 10.8 Å². The lowest BCUT2D eigenvalue weighted by atomic mass is 10.1. The zero-order chi connectivity index (χ0) is 13.7. The number of nitrogens with two attached hydrogens (primary N) is 1. The third-order valence-electron chi connectivity index (χ3n) is 2.45. The summed E-state index contributed by atoms with van der Waals surface area (Å²) in [5.41, 5.74) is 11.1. The highest BCUT2D eigenvalue weighted by molar-refractivity contribution is 5.43. The molecule has 0 aliphatic heterocycles. The second kappa shape index (κ2) is 6.10. The van der Waals surface area contributed by atoms with E-state index in [0.29, 0.717) is 5.75 Å². The van der Waals surface area contributed by atoms with Gasteiger partial charge in [-0.1, -0.05) is 12.1 Å². The van der Waals surface area contributed by atoms with E-state index in [1.165, 1.54) is 11.1 Å². The summed E-state index contributed by atoms with van der Waals surface area (Å²) in [5, 5.41) is 8.99. The molecule has 96 valence electrons. The molecule has 0 saturated heterocycles. The van der Waals surface area contributed by atoms with Crippen molar-refractivity contribution in [1.82, 2.24) is 0 Å². The van der Waals surface area contributed by atoms with Gasteiger partial charge in [0, 0.05) is 5.69 Å². The molecule has 0 atom stereocenters. The zero-order valence-corrected chi connectivity index (χ0v) is 11.5. The average molecular weight is 243 g/mol. The summed E-state index contributed by atoms with van der Waals surface area (Å²) in [7, 11) is 0. The number of phenolic OH excluding ortho intramolecular Hbond substituents is 1. The van der Waals surface area contributed by atoms with Crippen LogP contribution >= 0.6 is 0 Å². The van der Waals surface area contributed by atoms with E-state index in [1.54, 1.807) is 12.1 Å². The molecule has 2 heteroatoms. The Morgan fingerprint density at radius 2 is 1.00 bits per heavy atom. The van der Waals surface area contributed by atoms with Gasteiger partial charge in [-0.05, 0) is 74.2 Å². The summed E-state index contributed by atoms with van der Waals surface area (Å²) < 4.78 is 0. The van der Waals surface area contributed by atoms with Crippen LogP contribution in [0.5, 0.6) is 5.75 Å². The monoisotopic (exact) mass is 243 g/mol. The minimum atomic E-state index is 0.354. The largest absolute Gasteiger partial charge is 0.508 e. The van der Waals surface area contributed by atoms with Gasteiger partial charge >= 0.3 is 0 Å². The van der Waals surface area contributed by atoms with Crippen LogP contribution < -0.4 is 5.73 Å². The van der Waals surface area contributed by atoms with Crippen molar-refractivity contribution in [3.63, 3.8) is 0 Å². The van der Waals surface area contributed by atoms with Crippen LogP contribution in [0.2, 0.25) is 0 Å². The van der Waals surface area contributed by atoms with Gasteiger partial charge in [0.2, 0.25) is 0 Å². The van der Waals surface area contributed by atoms with Gasteiger partial charge in [-0.25, -0.2) is 0 Å². The normalized spacial score (nSPS) is 9.56. The standard InChI is InChI=1S/C8H11N.C8H10O/c2*1-6-3-7(2)5-8(9)4-6/h3-5H,9H2,1-2H3;3-5,9H,1-2H3. The van der Waals surface area contributed by atoms with Gasteiger partial charge in [0.05, 0.1) is 0 Å². The van der Waals surface area contributed by atoms with E-state index in [1.807, 2.05) is 45.9 Å². The van der Waals surface area contributed by atoms with Crippen molar-refractivity contribution < 1.29 is 5.11 Å².